The van der Waals surface area contributed by atoms with Crippen molar-refractivity contribution in [2.75, 3.05) is 13.1 Å². The van der Waals surface area contributed by atoms with Gasteiger partial charge in [-0.1, -0.05) is 12.2 Å². The van der Waals surface area contributed by atoms with Crippen molar-refractivity contribution in [2.45, 2.75) is 32.1 Å². The number of aliphatic carboxylic acids is 1. The summed E-state index contributed by atoms with van der Waals surface area (Å²) in [4.78, 5) is 11.5. The molecule has 3 unspecified atom stereocenters. The molecular formula is C15H25NO2. The second-order valence-electron chi connectivity index (χ2n) is 5.09. The highest BCUT2D eigenvalue weighted by Crippen LogP contribution is 2.31. The van der Waals surface area contributed by atoms with Crippen LogP contribution in [0.5, 0.6) is 0 Å². The SMILES string of the molecule is C=CCCCC(C=C)C(C(=O)O)C1CCCNC1. The van der Waals surface area contributed by atoms with E-state index in [0.717, 1.165) is 45.2 Å². The summed E-state index contributed by atoms with van der Waals surface area (Å²) in [7, 11) is 0. The molecule has 0 spiro atoms. The van der Waals surface area contributed by atoms with Crippen LogP contribution in [0.3, 0.4) is 0 Å². The smallest absolute Gasteiger partial charge is 0.307 e. The maximum Gasteiger partial charge on any atom is 0.307 e. The quantitative estimate of drug-likeness (QED) is 0.515. The summed E-state index contributed by atoms with van der Waals surface area (Å²) < 4.78 is 0. The zero-order valence-electron chi connectivity index (χ0n) is 11.1. The second-order valence-corrected chi connectivity index (χ2v) is 5.09. The molecule has 18 heavy (non-hydrogen) atoms. The van der Waals surface area contributed by atoms with E-state index in [1.807, 2.05) is 12.2 Å². The van der Waals surface area contributed by atoms with Crippen LogP contribution < -0.4 is 5.32 Å². The van der Waals surface area contributed by atoms with Gasteiger partial charge in [0.25, 0.3) is 0 Å². The van der Waals surface area contributed by atoms with Crippen LogP contribution in [0.25, 0.3) is 0 Å². The topological polar surface area (TPSA) is 49.3 Å². The molecule has 102 valence electrons. The maximum absolute atomic E-state index is 11.5. The minimum Gasteiger partial charge on any atom is -0.481 e. The molecule has 3 nitrogen and oxygen atoms in total. The number of hydrogen-bond donors (Lipinski definition) is 2. The molecule has 0 radical (unpaired) electrons. The molecule has 3 atom stereocenters. The molecule has 0 bridgehead atoms. The average Bonchev–Trinajstić information content (AvgIpc) is 2.38. The van der Waals surface area contributed by atoms with Crippen molar-refractivity contribution < 1.29 is 9.90 Å². The van der Waals surface area contributed by atoms with Crippen LogP contribution >= 0.6 is 0 Å². The van der Waals surface area contributed by atoms with Gasteiger partial charge in [-0.3, -0.25) is 4.79 Å². The first-order valence-electron chi connectivity index (χ1n) is 6.87. The molecule has 1 heterocycles. The molecule has 0 aliphatic carbocycles. The molecule has 1 saturated heterocycles. The molecule has 2 N–H and O–H groups in total. The lowest BCUT2D eigenvalue weighted by molar-refractivity contribution is -0.145. The van der Waals surface area contributed by atoms with E-state index in [1.54, 1.807) is 0 Å². The number of allylic oxidation sites excluding steroid dienone is 2. The van der Waals surface area contributed by atoms with E-state index in [2.05, 4.69) is 18.5 Å². The Morgan fingerprint density at radius 3 is 2.78 bits per heavy atom. The van der Waals surface area contributed by atoms with E-state index in [-0.39, 0.29) is 17.8 Å². The largest absolute Gasteiger partial charge is 0.481 e. The number of carboxylic acid groups (broad SMARTS) is 1. The van der Waals surface area contributed by atoms with E-state index >= 15 is 0 Å². The third kappa shape index (κ3) is 4.30. The second kappa shape index (κ2) is 8.09. The predicted octanol–water partition coefficient (Wildman–Crippen LogP) is 2.85. The van der Waals surface area contributed by atoms with Crippen LogP contribution in [0.2, 0.25) is 0 Å². The summed E-state index contributed by atoms with van der Waals surface area (Å²) in [5.41, 5.74) is 0. The monoisotopic (exact) mass is 251 g/mol. The fraction of sp³-hybridized carbons (Fsp3) is 0.667. The van der Waals surface area contributed by atoms with E-state index in [1.165, 1.54) is 0 Å². The van der Waals surface area contributed by atoms with Gasteiger partial charge in [-0.05, 0) is 57.0 Å². The van der Waals surface area contributed by atoms with Gasteiger partial charge in [0.05, 0.1) is 5.92 Å². The molecule has 1 fully saturated rings. The molecule has 0 saturated carbocycles. The van der Waals surface area contributed by atoms with Crippen molar-refractivity contribution in [3.8, 4) is 0 Å². The summed E-state index contributed by atoms with van der Waals surface area (Å²) >= 11 is 0. The van der Waals surface area contributed by atoms with Crippen molar-refractivity contribution in [1.29, 1.82) is 0 Å². The van der Waals surface area contributed by atoms with Gasteiger partial charge in [-0.2, -0.15) is 0 Å². The minimum atomic E-state index is -0.674. The molecule has 0 amide bonds. The molecule has 3 heteroatoms. The number of rotatable bonds is 8. The Hall–Kier alpha value is -1.09. The van der Waals surface area contributed by atoms with E-state index in [0.29, 0.717) is 0 Å². The van der Waals surface area contributed by atoms with Crippen LogP contribution in [-0.2, 0) is 4.79 Å². The molecule has 1 aliphatic heterocycles. The van der Waals surface area contributed by atoms with Crippen LogP contribution in [0.1, 0.15) is 32.1 Å². The Bertz CT molecular complexity index is 282. The lowest BCUT2D eigenvalue weighted by Gasteiger charge is -2.32. The summed E-state index contributed by atoms with van der Waals surface area (Å²) in [6.07, 6.45) is 8.63. The van der Waals surface area contributed by atoms with Gasteiger partial charge in [0, 0.05) is 0 Å². The van der Waals surface area contributed by atoms with Gasteiger partial charge >= 0.3 is 5.97 Å². The third-order valence-electron chi connectivity index (χ3n) is 3.84. The Morgan fingerprint density at radius 1 is 1.50 bits per heavy atom. The summed E-state index contributed by atoms with van der Waals surface area (Å²) in [6.45, 7) is 9.36. The standard InChI is InChI=1S/C15H25NO2/c1-3-5-6-8-12(4-2)14(15(17)18)13-9-7-10-16-11-13/h3-4,12-14,16H,1-2,5-11H2,(H,17,18). The Balaban J connectivity index is 2.64. The Labute approximate surface area is 110 Å². The summed E-state index contributed by atoms with van der Waals surface area (Å²) in [5.74, 6) is -0.650. The van der Waals surface area contributed by atoms with E-state index < -0.39 is 5.97 Å². The third-order valence-corrected chi connectivity index (χ3v) is 3.84. The van der Waals surface area contributed by atoms with Gasteiger partial charge in [0.1, 0.15) is 0 Å². The maximum atomic E-state index is 11.5. The van der Waals surface area contributed by atoms with Crippen molar-refractivity contribution >= 4 is 5.97 Å². The number of carboxylic acids is 1. The first-order chi connectivity index (χ1) is 8.70. The lowest BCUT2D eigenvalue weighted by Crippen LogP contribution is -2.40. The number of hydrogen-bond acceptors (Lipinski definition) is 2. The van der Waals surface area contributed by atoms with Crippen molar-refractivity contribution in [2.24, 2.45) is 17.8 Å². The predicted molar refractivity (Wildman–Crippen MR) is 74.5 cm³/mol. The molecule has 0 aromatic rings. The highest BCUT2D eigenvalue weighted by molar-refractivity contribution is 5.71. The number of unbranched alkanes of at least 4 members (excludes halogenated alkanes) is 1. The highest BCUT2D eigenvalue weighted by atomic mass is 16.4. The van der Waals surface area contributed by atoms with Gasteiger partial charge < -0.3 is 10.4 Å². The fourth-order valence-corrected chi connectivity index (χ4v) is 2.86. The minimum absolute atomic E-state index is 0.0762. The first kappa shape index (κ1) is 15.0. The molecule has 1 aliphatic rings. The number of nitrogens with one attached hydrogen (secondary N) is 1. The number of carbonyl (C=O) groups is 1. The van der Waals surface area contributed by atoms with Gasteiger partial charge in [-0.15, -0.1) is 13.2 Å². The number of piperidine rings is 1. The molecule has 1 rings (SSSR count). The fourth-order valence-electron chi connectivity index (χ4n) is 2.86. The molecule has 0 aromatic heterocycles. The van der Waals surface area contributed by atoms with E-state index in [9.17, 15) is 9.90 Å². The average molecular weight is 251 g/mol. The van der Waals surface area contributed by atoms with Crippen LogP contribution in [-0.4, -0.2) is 24.2 Å². The van der Waals surface area contributed by atoms with Crippen LogP contribution in [0, 0.1) is 17.8 Å². The normalized spacial score (nSPS) is 23.0. The van der Waals surface area contributed by atoms with Crippen LogP contribution in [0.15, 0.2) is 25.3 Å². The van der Waals surface area contributed by atoms with Gasteiger partial charge in [-0.25, -0.2) is 0 Å². The van der Waals surface area contributed by atoms with Gasteiger partial charge in [0.15, 0.2) is 0 Å². The molecule has 0 aromatic carbocycles. The lowest BCUT2D eigenvalue weighted by atomic mass is 9.76. The summed E-state index contributed by atoms with van der Waals surface area (Å²) in [6, 6.07) is 0. The zero-order valence-corrected chi connectivity index (χ0v) is 11.1. The summed E-state index contributed by atoms with van der Waals surface area (Å²) in [5, 5.41) is 12.8. The zero-order chi connectivity index (χ0) is 13.4. The van der Waals surface area contributed by atoms with Crippen molar-refractivity contribution in [1.82, 2.24) is 5.32 Å². The Morgan fingerprint density at radius 2 is 2.28 bits per heavy atom. The molecular weight excluding hydrogens is 226 g/mol. The van der Waals surface area contributed by atoms with Crippen molar-refractivity contribution in [3.05, 3.63) is 25.3 Å². The Kier molecular flexibility index (Phi) is 6.73. The first-order valence-corrected chi connectivity index (χ1v) is 6.87. The van der Waals surface area contributed by atoms with Crippen LogP contribution in [0.4, 0.5) is 0 Å². The van der Waals surface area contributed by atoms with Gasteiger partial charge in [0.2, 0.25) is 0 Å². The van der Waals surface area contributed by atoms with Crippen molar-refractivity contribution in [3.63, 3.8) is 0 Å². The highest BCUT2D eigenvalue weighted by Gasteiger charge is 2.34. The van der Waals surface area contributed by atoms with E-state index in [4.69, 9.17) is 0 Å².